The molecule has 2 heterocycles. The first kappa shape index (κ1) is 17.2. The van der Waals surface area contributed by atoms with Crippen LogP contribution in [-0.4, -0.2) is 45.3 Å². The second kappa shape index (κ2) is 6.96. The van der Waals surface area contributed by atoms with E-state index in [9.17, 15) is 14.7 Å². The molecule has 0 fully saturated rings. The van der Waals surface area contributed by atoms with Gasteiger partial charge in [0.25, 0.3) is 5.91 Å². The predicted molar refractivity (Wildman–Crippen MR) is 88.6 cm³/mol. The SMILES string of the molecule is Cn1cc(NC(=O)C2CC(O)C(N)=N2)cc1C(=O)NC=CC(=N)N. The van der Waals surface area contributed by atoms with Crippen LogP contribution in [0.25, 0.3) is 0 Å². The molecule has 1 aromatic rings. The van der Waals surface area contributed by atoms with Crippen molar-refractivity contribution in [1.29, 1.82) is 5.41 Å². The van der Waals surface area contributed by atoms with E-state index in [0.29, 0.717) is 11.4 Å². The Morgan fingerprint density at radius 3 is 2.83 bits per heavy atom. The molecule has 24 heavy (non-hydrogen) atoms. The van der Waals surface area contributed by atoms with E-state index in [1.807, 2.05) is 0 Å². The van der Waals surface area contributed by atoms with Crippen LogP contribution in [0.5, 0.6) is 0 Å². The van der Waals surface area contributed by atoms with E-state index < -0.39 is 24.0 Å². The van der Waals surface area contributed by atoms with Crippen LogP contribution in [0.2, 0.25) is 0 Å². The second-order valence-electron chi connectivity index (χ2n) is 5.30. The van der Waals surface area contributed by atoms with Gasteiger partial charge in [0.05, 0.1) is 5.69 Å². The topological polar surface area (TPSA) is 172 Å². The molecule has 10 heteroatoms. The molecule has 1 aliphatic heterocycles. The maximum Gasteiger partial charge on any atom is 0.271 e. The lowest BCUT2D eigenvalue weighted by Crippen LogP contribution is -2.27. The lowest BCUT2D eigenvalue weighted by atomic mass is 10.1. The zero-order chi connectivity index (χ0) is 17.9. The number of rotatable bonds is 5. The summed E-state index contributed by atoms with van der Waals surface area (Å²) in [6.45, 7) is 0. The van der Waals surface area contributed by atoms with Crippen molar-refractivity contribution in [2.45, 2.75) is 18.6 Å². The zero-order valence-electron chi connectivity index (χ0n) is 13.0. The summed E-state index contributed by atoms with van der Waals surface area (Å²) in [6, 6.07) is 0.740. The van der Waals surface area contributed by atoms with E-state index in [-0.39, 0.29) is 18.1 Å². The highest BCUT2D eigenvalue weighted by Gasteiger charge is 2.30. The average molecular weight is 333 g/mol. The van der Waals surface area contributed by atoms with Crippen LogP contribution < -0.4 is 22.1 Å². The number of hydrogen-bond acceptors (Lipinski definition) is 6. The maximum absolute atomic E-state index is 12.1. The number of aryl methyl sites for hydroxylation is 1. The molecule has 2 atom stereocenters. The van der Waals surface area contributed by atoms with Crippen LogP contribution in [0.3, 0.4) is 0 Å². The zero-order valence-corrected chi connectivity index (χ0v) is 13.0. The summed E-state index contributed by atoms with van der Waals surface area (Å²) < 4.78 is 1.54. The molecule has 2 amide bonds. The number of nitrogens with one attached hydrogen (secondary N) is 3. The molecular formula is C14H19N7O3. The van der Waals surface area contributed by atoms with E-state index in [1.165, 1.54) is 22.9 Å². The summed E-state index contributed by atoms with van der Waals surface area (Å²) in [5, 5.41) is 21.6. The van der Waals surface area contributed by atoms with Gasteiger partial charge in [-0.1, -0.05) is 0 Å². The molecule has 0 aromatic carbocycles. The van der Waals surface area contributed by atoms with Crippen LogP contribution in [0.4, 0.5) is 5.69 Å². The van der Waals surface area contributed by atoms with Crippen LogP contribution in [0.1, 0.15) is 16.9 Å². The first-order valence-electron chi connectivity index (χ1n) is 7.08. The molecule has 0 spiro atoms. The summed E-state index contributed by atoms with van der Waals surface area (Å²) in [5.41, 5.74) is 11.3. The first-order chi connectivity index (χ1) is 11.3. The number of nitrogens with two attached hydrogens (primary N) is 2. The number of nitrogens with zero attached hydrogens (tertiary/aromatic N) is 2. The Kier molecular flexibility index (Phi) is 4.99. The standard InChI is InChI=1S/C14H19N7O3/c1-21-6-7(4-9(21)14(24)18-3-2-11(15)16)19-13(23)8-5-10(22)12(17)20-8/h2-4,6,8,10,22H,5H2,1H3,(H3,15,16)(H2,17,20)(H,18,24)(H,19,23). The Balaban J connectivity index is 2.02. The van der Waals surface area contributed by atoms with E-state index in [0.717, 1.165) is 0 Å². The van der Waals surface area contributed by atoms with Gasteiger partial charge in [0, 0.05) is 25.9 Å². The van der Waals surface area contributed by atoms with E-state index >= 15 is 0 Å². The van der Waals surface area contributed by atoms with E-state index in [2.05, 4.69) is 15.6 Å². The van der Waals surface area contributed by atoms with Gasteiger partial charge in [-0.05, 0) is 12.1 Å². The number of aliphatic imine (C=N–C) groups is 1. The monoisotopic (exact) mass is 333 g/mol. The first-order valence-corrected chi connectivity index (χ1v) is 7.08. The number of aromatic nitrogens is 1. The Morgan fingerprint density at radius 2 is 2.25 bits per heavy atom. The molecule has 0 aliphatic carbocycles. The van der Waals surface area contributed by atoms with Crippen molar-refractivity contribution >= 4 is 29.2 Å². The molecule has 2 unspecified atom stereocenters. The maximum atomic E-state index is 12.1. The summed E-state index contributed by atoms with van der Waals surface area (Å²) in [7, 11) is 1.65. The van der Waals surface area contributed by atoms with Gasteiger partial charge in [-0.15, -0.1) is 0 Å². The fourth-order valence-electron chi connectivity index (χ4n) is 2.18. The Morgan fingerprint density at radius 1 is 1.54 bits per heavy atom. The Labute approximate surface area is 137 Å². The van der Waals surface area contributed by atoms with Crippen LogP contribution in [0.15, 0.2) is 29.5 Å². The fourth-order valence-corrected chi connectivity index (χ4v) is 2.18. The van der Waals surface area contributed by atoms with Crippen molar-refractivity contribution in [2.75, 3.05) is 5.32 Å². The van der Waals surface area contributed by atoms with Gasteiger partial charge in [0.1, 0.15) is 29.5 Å². The fraction of sp³-hybridized carbons (Fsp3) is 0.286. The Hall–Kier alpha value is -3.14. The molecule has 10 nitrogen and oxygen atoms in total. The minimum absolute atomic E-state index is 0.0422. The van der Waals surface area contributed by atoms with Gasteiger partial charge in [0.15, 0.2) is 0 Å². The normalized spacial score (nSPS) is 20.0. The highest BCUT2D eigenvalue weighted by molar-refractivity contribution is 6.01. The molecule has 0 saturated carbocycles. The third-order valence-electron chi connectivity index (χ3n) is 3.38. The molecule has 0 radical (unpaired) electrons. The van der Waals surface area contributed by atoms with Crippen molar-refractivity contribution in [1.82, 2.24) is 9.88 Å². The number of carbonyl (C=O) groups is 2. The number of hydrogen-bond donors (Lipinski definition) is 6. The van der Waals surface area contributed by atoms with Crippen LogP contribution in [-0.2, 0) is 11.8 Å². The smallest absolute Gasteiger partial charge is 0.271 e. The minimum Gasteiger partial charge on any atom is -0.385 e. The van der Waals surface area contributed by atoms with Crippen molar-refractivity contribution in [3.63, 3.8) is 0 Å². The quantitative estimate of drug-likeness (QED) is 0.288. The summed E-state index contributed by atoms with van der Waals surface area (Å²) in [4.78, 5) is 28.0. The summed E-state index contributed by atoms with van der Waals surface area (Å²) in [6.07, 6.45) is 3.28. The largest absolute Gasteiger partial charge is 0.385 e. The third kappa shape index (κ3) is 3.98. The highest BCUT2D eigenvalue weighted by Crippen LogP contribution is 2.17. The summed E-state index contributed by atoms with van der Waals surface area (Å²) >= 11 is 0. The lowest BCUT2D eigenvalue weighted by molar-refractivity contribution is -0.117. The number of amidine groups is 2. The van der Waals surface area contributed by atoms with Crippen LogP contribution in [0, 0.1) is 5.41 Å². The molecule has 8 N–H and O–H groups in total. The van der Waals surface area contributed by atoms with E-state index in [1.54, 1.807) is 13.2 Å². The van der Waals surface area contributed by atoms with E-state index in [4.69, 9.17) is 16.9 Å². The minimum atomic E-state index is -0.911. The molecule has 0 bridgehead atoms. The molecule has 1 aliphatic rings. The van der Waals surface area contributed by atoms with Crippen LogP contribution >= 0.6 is 0 Å². The van der Waals surface area contributed by atoms with Gasteiger partial charge >= 0.3 is 0 Å². The number of amides is 2. The molecular weight excluding hydrogens is 314 g/mol. The van der Waals surface area contributed by atoms with Crippen molar-refractivity contribution in [3.05, 3.63) is 30.2 Å². The predicted octanol–water partition coefficient (Wildman–Crippen LogP) is -1.37. The van der Waals surface area contributed by atoms with Gasteiger partial charge in [-0.3, -0.25) is 20.0 Å². The van der Waals surface area contributed by atoms with Crippen molar-refractivity contribution < 1.29 is 14.7 Å². The second-order valence-corrected chi connectivity index (χ2v) is 5.30. The van der Waals surface area contributed by atoms with Gasteiger partial charge in [-0.25, -0.2) is 0 Å². The molecule has 1 aromatic heterocycles. The summed E-state index contributed by atoms with van der Waals surface area (Å²) in [5.74, 6) is -0.980. The highest BCUT2D eigenvalue weighted by atomic mass is 16.3. The third-order valence-corrected chi connectivity index (χ3v) is 3.38. The van der Waals surface area contributed by atoms with Gasteiger partial charge in [0.2, 0.25) is 5.91 Å². The number of aliphatic hydroxyl groups excluding tert-OH is 1. The molecule has 128 valence electrons. The molecule has 0 saturated heterocycles. The lowest BCUT2D eigenvalue weighted by Gasteiger charge is -2.07. The van der Waals surface area contributed by atoms with Crippen molar-refractivity contribution in [2.24, 2.45) is 23.5 Å². The number of carbonyl (C=O) groups excluding carboxylic acids is 2. The number of anilines is 1. The van der Waals surface area contributed by atoms with Crippen molar-refractivity contribution in [3.8, 4) is 0 Å². The average Bonchev–Trinajstić information content (AvgIpc) is 3.02. The number of aliphatic hydroxyl groups is 1. The Bertz CT molecular complexity index is 735. The molecule has 2 rings (SSSR count). The van der Waals surface area contributed by atoms with Gasteiger partial charge in [-0.2, -0.15) is 0 Å². The van der Waals surface area contributed by atoms with Gasteiger partial charge < -0.3 is 31.8 Å².